The third-order valence-corrected chi connectivity index (χ3v) is 8.29. The van der Waals surface area contributed by atoms with E-state index < -0.39 is 0 Å². The van der Waals surface area contributed by atoms with Crippen molar-refractivity contribution in [2.75, 3.05) is 23.0 Å². The Morgan fingerprint density at radius 3 is 2.52 bits per heavy atom. The van der Waals surface area contributed by atoms with Crippen molar-refractivity contribution in [1.82, 2.24) is 4.98 Å². The molecular formula is C19H18N2OS3. The van der Waals surface area contributed by atoms with Crippen LogP contribution >= 0.6 is 34.9 Å². The van der Waals surface area contributed by atoms with Crippen LogP contribution in [0.2, 0.25) is 0 Å². The number of amides is 1. The quantitative estimate of drug-likeness (QED) is 0.598. The van der Waals surface area contributed by atoms with E-state index in [1.54, 1.807) is 16.2 Å². The lowest BCUT2D eigenvalue weighted by atomic mass is 10.1. The minimum absolute atomic E-state index is 0.0137. The minimum Gasteiger partial charge on any atom is -0.284 e. The molecule has 0 unspecified atom stereocenters. The molecule has 1 aliphatic heterocycles. The number of thioether (sulfide) groups is 2. The number of benzene rings is 2. The summed E-state index contributed by atoms with van der Waals surface area (Å²) < 4.78 is 1.62. The summed E-state index contributed by atoms with van der Waals surface area (Å²) in [6, 6.07) is 16.1. The number of anilines is 1. The molecule has 0 aliphatic carbocycles. The van der Waals surface area contributed by atoms with Gasteiger partial charge in [-0.25, -0.2) is 4.98 Å². The van der Waals surface area contributed by atoms with Gasteiger partial charge in [0, 0.05) is 23.6 Å². The second kappa shape index (κ2) is 7.40. The third kappa shape index (κ3) is 3.43. The number of carbonyl (C=O) groups excluding carboxylic acids is 1. The molecule has 2 aromatic carbocycles. The van der Waals surface area contributed by atoms with Gasteiger partial charge >= 0.3 is 0 Å². The maximum Gasteiger partial charge on any atom is 0.260 e. The van der Waals surface area contributed by atoms with Crippen LogP contribution in [-0.4, -0.2) is 28.9 Å². The number of rotatable bonds is 4. The molecule has 0 bridgehead atoms. The van der Waals surface area contributed by atoms with Crippen molar-refractivity contribution < 1.29 is 4.79 Å². The van der Waals surface area contributed by atoms with Gasteiger partial charge in [-0.05, 0) is 36.8 Å². The Morgan fingerprint density at radius 2 is 1.84 bits per heavy atom. The molecule has 128 valence electrons. The Morgan fingerprint density at radius 1 is 1.12 bits per heavy atom. The van der Waals surface area contributed by atoms with Crippen molar-refractivity contribution in [1.29, 1.82) is 0 Å². The minimum atomic E-state index is 0.0137. The van der Waals surface area contributed by atoms with E-state index in [1.165, 1.54) is 17.1 Å². The van der Waals surface area contributed by atoms with Gasteiger partial charge in [-0.1, -0.05) is 35.6 Å². The number of aromatic nitrogens is 1. The van der Waals surface area contributed by atoms with Crippen LogP contribution in [0.3, 0.4) is 0 Å². The second-order valence-corrected chi connectivity index (χ2v) is 9.44. The highest BCUT2D eigenvalue weighted by atomic mass is 32.2. The zero-order valence-corrected chi connectivity index (χ0v) is 16.3. The highest BCUT2D eigenvalue weighted by Gasteiger charge is 2.21. The van der Waals surface area contributed by atoms with Crippen LogP contribution in [0, 0.1) is 0 Å². The molecule has 0 spiro atoms. The second-order valence-electron chi connectivity index (χ2n) is 5.71. The summed E-state index contributed by atoms with van der Waals surface area (Å²) in [4.78, 5) is 19.4. The van der Waals surface area contributed by atoms with E-state index >= 15 is 0 Å². The standard InChI is InChI=1S/C19H18N2OS3/c1-2-21(19-20-15-5-3-4-6-16(15)25-19)17(22)13-7-9-14(10-8-13)18-23-11-12-24-18/h3-10,18H,2,11-12H2,1H3. The van der Waals surface area contributed by atoms with Crippen LogP contribution in [0.1, 0.15) is 27.4 Å². The molecule has 0 N–H and O–H groups in total. The fourth-order valence-electron chi connectivity index (χ4n) is 2.83. The van der Waals surface area contributed by atoms with Crippen molar-refractivity contribution in [3.05, 3.63) is 59.7 Å². The molecule has 0 saturated carbocycles. The number of para-hydroxylation sites is 1. The fraction of sp³-hybridized carbons (Fsp3) is 0.263. The Balaban J connectivity index is 1.59. The smallest absolute Gasteiger partial charge is 0.260 e. The summed E-state index contributed by atoms with van der Waals surface area (Å²) in [7, 11) is 0. The highest BCUT2D eigenvalue weighted by Crippen LogP contribution is 2.45. The van der Waals surface area contributed by atoms with Gasteiger partial charge in [0.15, 0.2) is 5.13 Å². The number of nitrogens with zero attached hydrogens (tertiary/aromatic N) is 2. The van der Waals surface area contributed by atoms with Crippen LogP contribution in [-0.2, 0) is 0 Å². The number of fused-ring (bicyclic) bond motifs is 1. The molecule has 0 atom stereocenters. The van der Waals surface area contributed by atoms with Crippen molar-refractivity contribution in [2.24, 2.45) is 0 Å². The van der Waals surface area contributed by atoms with Gasteiger partial charge in [0.25, 0.3) is 5.91 Å². The molecule has 0 radical (unpaired) electrons. The monoisotopic (exact) mass is 386 g/mol. The Bertz CT molecular complexity index is 852. The van der Waals surface area contributed by atoms with Crippen LogP contribution in [0.5, 0.6) is 0 Å². The van der Waals surface area contributed by atoms with E-state index in [4.69, 9.17) is 0 Å². The average molecular weight is 387 g/mol. The third-order valence-electron chi connectivity index (χ3n) is 4.13. The molecule has 3 aromatic rings. The number of carbonyl (C=O) groups is 1. The van der Waals surface area contributed by atoms with Gasteiger partial charge in [-0.2, -0.15) is 0 Å². The molecule has 1 amide bonds. The molecule has 6 heteroatoms. The molecule has 3 nitrogen and oxygen atoms in total. The summed E-state index contributed by atoms with van der Waals surface area (Å²) in [5.74, 6) is 2.42. The van der Waals surface area contributed by atoms with Gasteiger partial charge < -0.3 is 0 Å². The lowest BCUT2D eigenvalue weighted by molar-refractivity contribution is 0.0988. The molecule has 1 aromatic heterocycles. The molecule has 25 heavy (non-hydrogen) atoms. The highest BCUT2D eigenvalue weighted by molar-refractivity contribution is 8.19. The van der Waals surface area contributed by atoms with E-state index in [0.717, 1.165) is 20.9 Å². The summed E-state index contributed by atoms with van der Waals surface area (Å²) in [5, 5.41) is 0.764. The van der Waals surface area contributed by atoms with Gasteiger partial charge in [0.1, 0.15) is 0 Å². The SMILES string of the molecule is CCN(C(=O)c1ccc(C2SCCS2)cc1)c1nc2ccccc2s1. The van der Waals surface area contributed by atoms with Crippen molar-refractivity contribution in [2.45, 2.75) is 11.5 Å². The molecule has 2 heterocycles. The van der Waals surface area contributed by atoms with Gasteiger partial charge in [-0.3, -0.25) is 9.69 Å². The van der Waals surface area contributed by atoms with E-state index in [-0.39, 0.29) is 5.91 Å². The van der Waals surface area contributed by atoms with Crippen LogP contribution in [0.15, 0.2) is 48.5 Å². The Kier molecular flexibility index (Phi) is 5.01. The molecule has 1 saturated heterocycles. The largest absolute Gasteiger partial charge is 0.284 e. The molecule has 4 rings (SSSR count). The van der Waals surface area contributed by atoms with Gasteiger partial charge in [-0.15, -0.1) is 23.5 Å². The Hall–Kier alpha value is -1.50. The van der Waals surface area contributed by atoms with Crippen LogP contribution < -0.4 is 4.90 Å². The first-order valence-corrected chi connectivity index (χ1v) is 11.2. The first kappa shape index (κ1) is 16.9. The average Bonchev–Trinajstić information content (AvgIpc) is 3.32. The Labute approximate surface area is 159 Å². The normalized spacial score (nSPS) is 14.9. The van der Waals surface area contributed by atoms with Crippen molar-refractivity contribution >= 4 is 56.1 Å². The van der Waals surface area contributed by atoms with Gasteiger partial charge in [0.05, 0.1) is 14.8 Å². The predicted octanol–water partition coefficient (Wildman–Crippen LogP) is 5.44. The lowest BCUT2D eigenvalue weighted by Crippen LogP contribution is -2.30. The fourth-order valence-corrected chi connectivity index (χ4v) is 6.72. The number of thiazole rings is 1. The van der Waals surface area contributed by atoms with E-state index in [1.807, 2.05) is 66.8 Å². The zero-order valence-electron chi connectivity index (χ0n) is 13.8. The first-order valence-electron chi connectivity index (χ1n) is 8.27. The lowest BCUT2D eigenvalue weighted by Gasteiger charge is -2.18. The number of hydrogen-bond donors (Lipinski definition) is 0. The van der Waals surface area contributed by atoms with Crippen molar-refractivity contribution in [3.63, 3.8) is 0 Å². The van der Waals surface area contributed by atoms with E-state index in [2.05, 4.69) is 17.1 Å². The topological polar surface area (TPSA) is 33.2 Å². The first-order chi connectivity index (χ1) is 12.3. The molecule has 1 aliphatic rings. The van der Waals surface area contributed by atoms with E-state index in [0.29, 0.717) is 11.1 Å². The van der Waals surface area contributed by atoms with Crippen LogP contribution in [0.25, 0.3) is 10.2 Å². The summed E-state index contributed by atoms with van der Waals surface area (Å²) >= 11 is 5.52. The predicted molar refractivity (Wildman–Crippen MR) is 111 cm³/mol. The summed E-state index contributed by atoms with van der Waals surface area (Å²) in [5.41, 5.74) is 2.96. The summed E-state index contributed by atoms with van der Waals surface area (Å²) in [6.07, 6.45) is 0. The van der Waals surface area contributed by atoms with Crippen LogP contribution in [0.4, 0.5) is 5.13 Å². The zero-order chi connectivity index (χ0) is 17.2. The maximum absolute atomic E-state index is 13.0. The number of hydrogen-bond acceptors (Lipinski definition) is 5. The summed E-state index contributed by atoms with van der Waals surface area (Å²) in [6.45, 7) is 2.60. The molecular weight excluding hydrogens is 368 g/mol. The maximum atomic E-state index is 13.0. The molecule has 1 fully saturated rings. The van der Waals surface area contributed by atoms with E-state index in [9.17, 15) is 4.79 Å². The van der Waals surface area contributed by atoms with Crippen molar-refractivity contribution in [3.8, 4) is 0 Å². The van der Waals surface area contributed by atoms with Gasteiger partial charge in [0.2, 0.25) is 0 Å².